The Bertz CT molecular complexity index is 294. The fourth-order valence-corrected chi connectivity index (χ4v) is 1.89. The summed E-state index contributed by atoms with van der Waals surface area (Å²) in [5.41, 5.74) is 6.09. The lowest BCUT2D eigenvalue weighted by atomic mass is 9.82. The Hall–Kier alpha value is -0.800. The van der Waals surface area contributed by atoms with Crippen molar-refractivity contribution in [2.45, 2.75) is 40.2 Å². The molecule has 0 aliphatic carbocycles. The first-order valence-electron chi connectivity index (χ1n) is 6.12. The Morgan fingerprint density at radius 3 is 2.44 bits per heavy atom. The zero-order valence-corrected chi connectivity index (χ0v) is 10.7. The number of nitrogens with two attached hydrogens (primary N) is 1. The minimum absolute atomic E-state index is 0.238. The van der Waals surface area contributed by atoms with E-state index in [-0.39, 0.29) is 5.41 Å². The van der Waals surface area contributed by atoms with Gasteiger partial charge in [-0.3, -0.25) is 0 Å². The second-order valence-corrected chi connectivity index (χ2v) is 4.53. The third-order valence-corrected chi connectivity index (χ3v) is 3.53. The van der Waals surface area contributed by atoms with Crippen molar-refractivity contribution in [3.63, 3.8) is 0 Å². The lowest BCUT2D eigenvalue weighted by Gasteiger charge is -2.30. The molecular formula is C13H24N2O. The largest absolute Gasteiger partial charge is 0.465 e. The number of hydrogen-bond acceptors (Lipinski definition) is 3. The summed E-state index contributed by atoms with van der Waals surface area (Å²) in [6, 6.07) is 4.01. The predicted octanol–water partition coefficient (Wildman–Crippen LogP) is 2.44. The summed E-state index contributed by atoms with van der Waals surface area (Å²) in [5.74, 6) is 1.96. The topological polar surface area (TPSA) is 51.2 Å². The standard InChI is InChI=1S/C13H24N2O/c1-4-13(5-2,9-14)10-15-8-12-7-6-11(3)16-12/h6-7,15H,4-5,8-10,14H2,1-3H3. The van der Waals surface area contributed by atoms with E-state index in [9.17, 15) is 0 Å². The van der Waals surface area contributed by atoms with Gasteiger partial charge in [-0.15, -0.1) is 0 Å². The Morgan fingerprint density at radius 1 is 1.31 bits per heavy atom. The molecule has 0 amide bonds. The number of aryl methyl sites for hydroxylation is 1. The van der Waals surface area contributed by atoms with Crippen LogP contribution in [0.5, 0.6) is 0 Å². The highest BCUT2D eigenvalue weighted by Gasteiger charge is 2.23. The van der Waals surface area contributed by atoms with Gasteiger partial charge in [0, 0.05) is 6.54 Å². The van der Waals surface area contributed by atoms with Crippen molar-refractivity contribution >= 4 is 0 Å². The molecule has 3 N–H and O–H groups in total. The third kappa shape index (κ3) is 3.35. The van der Waals surface area contributed by atoms with Crippen molar-refractivity contribution in [3.05, 3.63) is 23.7 Å². The van der Waals surface area contributed by atoms with Crippen molar-refractivity contribution < 1.29 is 4.42 Å². The first-order valence-corrected chi connectivity index (χ1v) is 6.12. The molecule has 0 fully saturated rings. The van der Waals surface area contributed by atoms with Crippen molar-refractivity contribution in [3.8, 4) is 0 Å². The molecule has 1 aromatic rings. The summed E-state index contributed by atoms with van der Waals surface area (Å²) in [6.45, 7) is 8.85. The molecule has 0 saturated carbocycles. The Morgan fingerprint density at radius 2 is 2.00 bits per heavy atom. The zero-order chi connectivity index (χ0) is 12.0. The van der Waals surface area contributed by atoms with Crippen LogP contribution in [0.2, 0.25) is 0 Å². The van der Waals surface area contributed by atoms with Gasteiger partial charge in [-0.25, -0.2) is 0 Å². The molecule has 0 aromatic carbocycles. The van der Waals surface area contributed by atoms with E-state index in [1.165, 1.54) is 0 Å². The summed E-state index contributed by atoms with van der Waals surface area (Å²) in [7, 11) is 0. The maximum absolute atomic E-state index is 5.85. The lowest BCUT2D eigenvalue weighted by molar-refractivity contribution is 0.255. The van der Waals surface area contributed by atoms with E-state index in [1.54, 1.807) is 0 Å². The number of furan rings is 1. The molecule has 1 aromatic heterocycles. The molecule has 0 unspecified atom stereocenters. The van der Waals surface area contributed by atoms with Gasteiger partial charge in [0.2, 0.25) is 0 Å². The summed E-state index contributed by atoms with van der Waals surface area (Å²) >= 11 is 0. The van der Waals surface area contributed by atoms with Crippen LogP contribution < -0.4 is 11.1 Å². The van der Waals surface area contributed by atoms with Gasteiger partial charge in [-0.1, -0.05) is 13.8 Å². The van der Waals surface area contributed by atoms with Crippen LogP contribution in [0.3, 0.4) is 0 Å². The number of rotatable bonds is 7. The highest BCUT2D eigenvalue weighted by Crippen LogP contribution is 2.23. The third-order valence-electron chi connectivity index (χ3n) is 3.53. The van der Waals surface area contributed by atoms with Gasteiger partial charge in [0.15, 0.2) is 0 Å². The zero-order valence-electron chi connectivity index (χ0n) is 10.7. The normalized spacial score (nSPS) is 12.0. The van der Waals surface area contributed by atoms with E-state index >= 15 is 0 Å². The molecule has 16 heavy (non-hydrogen) atoms. The molecular weight excluding hydrogens is 200 g/mol. The second kappa shape index (κ2) is 6.06. The van der Waals surface area contributed by atoms with Gasteiger partial charge in [0.05, 0.1) is 6.54 Å². The average Bonchev–Trinajstić information content (AvgIpc) is 2.71. The predicted molar refractivity (Wildman–Crippen MR) is 67.2 cm³/mol. The van der Waals surface area contributed by atoms with E-state index in [4.69, 9.17) is 10.2 Å². The minimum atomic E-state index is 0.238. The molecule has 0 aliphatic heterocycles. The van der Waals surface area contributed by atoms with Crippen molar-refractivity contribution in [1.29, 1.82) is 0 Å². The fraction of sp³-hybridized carbons (Fsp3) is 0.692. The van der Waals surface area contributed by atoms with E-state index in [0.717, 1.165) is 44.0 Å². The molecule has 1 heterocycles. The molecule has 3 nitrogen and oxygen atoms in total. The molecule has 0 bridgehead atoms. The number of hydrogen-bond donors (Lipinski definition) is 2. The SMILES string of the molecule is CCC(CC)(CN)CNCc1ccc(C)o1. The van der Waals surface area contributed by atoms with Gasteiger partial charge < -0.3 is 15.5 Å². The van der Waals surface area contributed by atoms with Crippen LogP contribution in [-0.4, -0.2) is 13.1 Å². The van der Waals surface area contributed by atoms with Gasteiger partial charge in [-0.05, 0) is 43.9 Å². The van der Waals surface area contributed by atoms with Crippen molar-refractivity contribution in [2.24, 2.45) is 11.1 Å². The smallest absolute Gasteiger partial charge is 0.117 e. The van der Waals surface area contributed by atoms with Gasteiger partial charge in [-0.2, -0.15) is 0 Å². The van der Waals surface area contributed by atoms with Gasteiger partial charge >= 0.3 is 0 Å². The van der Waals surface area contributed by atoms with Crippen LogP contribution in [0.15, 0.2) is 16.5 Å². The van der Waals surface area contributed by atoms with E-state index in [2.05, 4.69) is 19.2 Å². The molecule has 0 saturated heterocycles. The molecule has 0 aliphatic rings. The van der Waals surface area contributed by atoms with Crippen LogP contribution >= 0.6 is 0 Å². The number of nitrogens with one attached hydrogen (secondary N) is 1. The first kappa shape index (κ1) is 13.3. The summed E-state index contributed by atoms with van der Waals surface area (Å²) < 4.78 is 5.51. The molecule has 1 rings (SSSR count). The van der Waals surface area contributed by atoms with Crippen LogP contribution in [0.1, 0.15) is 38.2 Å². The van der Waals surface area contributed by atoms with Gasteiger partial charge in [0.25, 0.3) is 0 Å². The van der Waals surface area contributed by atoms with Gasteiger partial charge in [0.1, 0.15) is 11.5 Å². The molecule has 0 atom stereocenters. The van der Waals surface area contributed by atoms with E-state index in [1.807, 2.05) is 19.1 Å². The van der Waals surface area contributed by atoms with E-state index in [0.29, 0.717) is 0 Å². The summed E-state index contributed by atoms with van der Waals surface area (Å²) in [4.78, 5) is 0. The van der Waals surface area contributed by atoms with Crippen LogP contribution in [0.4, 0.5) is 0 Å². The van der Waals surface area contributed by atoms with Crippen LogP contribution in [0.25, 0.3) is 0 Å². The summed E-state index contributed by atoms with van der Waals surface area (Å²) in [6.07, 6.45) is 2.23. The lowest BCUT2D eigenvalue weighted by Crippen LogP contribution is -2.39. The molecule has 0 spiro atoms. The van der Waals surface area contributed by atoms with Crippen molar-refractivity contribution in [2.75, 3.05) is 13.1 Å². The highest BCUT2D eigenvalue weighted by molar-refractivity contribution is 5.05. The summed E-state index contributed by atoms with van der Waals surface area (Å²) in [5, 5.41) is 3.43. The molecule has 0 radical (unpaired) electrons. The maximum atomic E-state index is 5.85. The van der Waals surface area contributed by atoms with Crippen molar-refractivity contribution in [1.82, 2.24) is 5.32 Å². The van der Waals surface area contributed by atoms with E-state index < -0.39 is 0 Å². The van der Waals surface area contributed by atoms with Crippen LogP contribution in [0, 0.1) is 12.3 Å². The van der Waals surface area contributed by atoms with Crippen LogP contribution in [-0.2, 0) is 6.54 Å². The quantitative estimate of drug-likeness (QED) is 0.748. The maximum Gasteiger partial charge on any atom is 0.117 e. The Labute approximate surface area is 98.4 Å². The highest BCUT2D eigenvalue weighted by atomic mass is 16.3. The minimum Gasteiger partial charge on any atom is -0.465 e. The fourth-order valence-electron chi connectivity index (χ4n) is 1.89. The monoisotopic (exact) mass is 224 g/mol. The Kier molecular flexibility index (Phi) is 5.03. The molecule has 3 heteroatoms. The Balaban J connectivity index is 2.39. The average molecular weight is 224 g/mol. The molecule has 92 valence electrons. The second-order valence-electron chi connectivity index (χ2n) is 4.53. The first-order chi connectivity index (χ1) is 7.65.